The number of benzene rings is 2. The van der Waals surface area contributed by atoms with Gasteiger partial charge in [-0.15, -0.1) is 24.8 Å². The molecule has 1 fully saturated rings. The number of nitrogens with two attached hydrogens (primary N) is 1. The summed E-state index contributed by atoms with van der Waals surface area (Å²) in [6.45, 7) is 7.73. The molecule has 28 heavy (non-hydrogen) atoms. The number of rotatable bonds is 5. The molecule has 4 nitrogen and oxygen atoms in total. The van der Waals surface area contributed by atoms with Crippen LogP contribution < -0.4 is 5.73 Å². The molecule has 1 saturated heterocycles. The predicted octanol–water partition coefficient (Wildman–Crippen LogP) is 4.04. The Bertz CT molecular complexity index is 725. The van der Waals surface area contributed by atoms with Gasteiger partial charge in [-0.05, 0) is 25.0 Å². The molecule has 0 bridgehead atoms. The van der Waals surface area contributed by atoms with Crippen LogP contribution in [0.1, 0.15) is 37.4 Å². The van der Waals surface area contributed by atoms with E-state index in [1.54, 1.807) is 0 Å². The van der Waals surface area contributed by atoms with E-state index in [4.69, 9.17) is 5.73 Å². The predicted molar refractivity (Wildman–Crippen MR) is 120 cm³/mol. The number of amides is 1. The summed E-state index contributed by atoms with van der Waals surface area (Å²) in [7, 11) is 0. The van der Waals surface area contributed by atoms with Crippen molar-refractivity contribution < 1.29 is 4.79 Å². The zero-order valence-electron chi connectivity index (χ0n) is 16.6. The molecule has 2 aromatic carbocycles. The minimum atomic E-state index is -0.242. The lowest BCUT2D eigenvalue weighted by Crippen LogP contribution is -2.60. The standard InChI is InChI=1S/C22H29N3O.2ClH/c1-22(2)17-24(13-14-25(22)16-18-9-5-3-6-10-18)21(26)15-20(23)19-11-7-4-8-12-19;;/h3-12,20H,13-17,23H2,1-2H3;2*1H. The summed E-state index contributed by atoms with van der Waals surface area (Å²) >= 11 is 0. The van der Waals surface area contributed by atoms with E-state index in [0.717, 1.165) is 31.7 Å². The first kappa shape index (κ1) is 24.4. The topological polar surface area (TPSA) is 49.6 Å². The Morgan fingerprint density at radius 1 is 1.00 bits per heavy atom. The van der Waals surface area contributed by atoms with E-state index in [9.17, 15) is 4.79 Å². The van der Waals surface area contributed by atoms with Gasteiger partial charge in [-0.25, -0.2) is 0 Å². The highest BCUT2D eigenvalue weighted by molar-refractivity contribution is 5.85. The van der Waals surface area contributed by atoms with E-state index in [-0.39, 0.29) is 42.3 Å². The van der Waals surface area contributed by atoms with Crippen molar-refractivity contribution in [2.24, 2.45) is 5.73 Å². The van der Waals surface area contributed by atoms with Gasteiger partial charge in [-0.2, -0.15) is 0 Å². The van der Waals surface area contributed by atoms with Crippen LogP contribution in [-0.2, 0) is 11.3 Å². The van der Waals surface area contributed by atoms with Crippen molar-refractivity contribution in [2.75, 3.05) is 19.6 Å². The Hall–Kier alpha value is -1.59. The van der Waals surface area contributed by atoms with Crippen molar-refractivity contribution in [1.29, 1.82) is 0 Å². The minimum Gasteiger partial charge on any atom is -0.340 e. The van der Waals surface area contributed by atoms with Gasteiger partial charge in [0, 0.05) is 44.2 Å². The average molecular weight is 424 g/mol. The third-order valence-electron chi connectivity index (χ3n) is 5.26. The lowest BCUT2D eigenvalue weighted by Gasteiger charge is -2.47. The number of nitrogens with zero attached hydrogens (tertiary/aromatic N) is 2. The van der Waals surface area contributed by atoms with E-state index >= 15 is 0 Å². The van der Waals surface area contributed by atoms with Crippen molar-refractivity contribution in [3.8, 4) is 0 Å². The second-order valence-electron chi connectivity index (χ2n) is 7.76. The van der Waals surface area contributed by atoms with Gasteiger partial charge in [0.15, 0.2) is 0 Å². The van der Waals surface area contributed by atoms with E-state index in [0.29, 0.717) is 6.42 Å². The molecule has 1 heterocycles. The smallest absolute Gasteiger partial charge is 0.224 e. The summed E-state index contributed by atoms with van der Waals surface area (Å²) in [5, 5.41) is 0. The number of hydrogen-bond acceptors (Lipinski definition) is 3. The van der Waals surface area contributed by atoms with Crippen molar-refractivity contribution in [3.63, 3.8) is 0 Å². The lowest BCUT2D eigenvalue weighted by atomic mass is 9.96. The Balaban J connectivity index is 0.00000196. The molecular formula is C22H31Cl2N3O. The fourth-order valence-electron chi connectivity index (χ4n) is 3.64. The molecule has 0 aliphatic carbocycles. The van der Waals surface area contributed by atoms with Gasteiger partial charge in [-0.1, -0.05) is 60.7 Å². The Kier molecular flexibility index (Phi) is 9.45. The van der Waals surface area contributed by atoms with Gasteiger partial charge < -0.3 is 10.6 Å². The highest BCUT2D eigenvalue weighted by Gasteiger charge is 2.35. The van der Waals surface area contributed by atoms with Crippen LogP contribution in [0.2, 0.25) is 0 Å². The Morgan fingerprint density at radius 2 is 1.57 bits per heavy atom. The maximum Gasteiger partial charge on any atom is 0.224 e. The molecule has 1 amide bonds. The number of hydrogen-bond donors (Lipinski definition) is 1. The molecule has 0 spiro atoms. The number of carbonyl (C=O) groups excluding carboxylic acids is 1. The second kappa shape index (κ2) is 10.8. The molecule has 0 radical (unpaired) electrons. The largest absolute Gasteiger partial charge is 0.340 e. The first-order valence-corrected chi connectivity index (χ1v) is 9.33. The van der Waals surface area contributed by atoms with Gasteiger partial charge in [0.1, 0.15) is 0 Å². The summed E-state index contributed by atoms with van der Waals surface area (Å²) in [4.78, 5) is 17.2. The van der Waals surface area contributed by atoms with Crippen LogP contribution in [0.5, 0.6) is 0 Å². The molecule has 0 saturated carbocycles. The molecule has 0 aromatic heterocycles. The zero-order chi connectivity index (χ0) is 18.6. The Labute approximate surface area is 180 Å². The normalized spacial score (nSPS) is 17.2. The molecule has 1 aliphatic heterocycles. The van der Waals surface area contributed by atoms with E-state index in [2.05, 4.69) is 43.0 Å². The van der Waals surface area contributed by atoms with Gasteiger partial charge in [0.2, 0.25) is 5.91 Å². The molecule has 154 valence electrons. The average Bonchev–Trinajstić information content (AvgIpc) is 2.64. The zero-order valence-corrected chi connectivity index (χ0v) is 18.2. The van der Waals surface area contributed by atoms with Gasteiger partial charge in [0.25, 0.3) is 0 Å². The van der Waals surface area contributed by atoms with Crippen LogP contribution in [0.25, 0.3) is 0 Å². The summed E-state index contributed by atoms with van der Waals surface area (Å²) in [6.07, 6.45) is 0.360. The quantitative estimate of drug-likeness (QED) is 0.788. The number of piperazine rings is 1. The minimum absolute atomic E-state index is 0. The van der Waals surface area contributed by atoms with Crippen molar-refractivity contribution in [1.82, 2.24) is 9.80 Å². The first-order chi connectivity index (χ1) is 12.5. The highest BCUT2D eigenvalue weighted by Crippen LogP contribution is 2.25. The third kappa shape index (κ3) is 6.21. The van der Waals surface area contributed by atoms with E-state index in [1.165, 1.54) is 5.56 Å². The van der Waals surface area contributed by atoms with E-state index < -0.39 is 0 Å². The maximum atomic E-state index is 12.8. The van der Waals surface area contributed by atoms with Crippen LogP contribution in [0.15, 0.2) is 60.7 Å². The molecule has 2 N–H and O–H groups in total. The summed E-state index contributed by atoms with van der Waals surface area (Å²) in [6, 6.07) is 20.1. The monoisotopic (exact) mass is 423 g/mol. The van der Waals surface area contributed by atoms with Crippen LogP contribution >= 0.6 is 24.8 Å². The van der Waals surface area contributed by atoms with Gasteiger partial charge in [-0.3, -0.25) is 9.69 Å². The Morgan fingerprint density at radius 3 is 2.14 bits per heavy atom. The van der Waals surface area contributed by atoms with Crippen molar-refractivity contribution in [2.45, 2.75) is 38.4 Å². The molecule has 6 heteroatoms. The molecule has 3 rings (SSSR count). The van der Waals surface area contributed by atoms with Crippen LogP contribution in [0.4, 0.5) is 0 Å². The molecule has 1 atom stereocenters. The van der Waals surface area contributed by atoms with Gasteiger partial charge >= 0.3 is 0 Å². The third-order valence-corrected chi connectivity index (χ3v) is 5.26. The van der Waals surface area contributed by atoms with Gasteiger partial charge in [0.05, 0.1) is 0 Å². The van der Waals surface area contributed by atoms with Crippen LogP contribution in [0.3, 0.4) is 0 Å². The van der Waals surface area contributed by atoms with Crippen molar-refractivity contribution in [3.05, 3.63) is 71.8 Å². The van der Waals surface area contributed by atoms with Crippen LogP contribution in [-0.4, -0.2) is 40.9 Å². The number of carbonyl (C=O) groups is 1. The lowest BCUT2D eigenvalue weighted by molar-refractivity contribution is -0.136. The molecule has 2 aromatic rings. The number of halogens is 2. The first-order valence-electron chi connectivity index (χ1n) is 9.33. The highest BCUT2D eigenvalue weighted by atomic mass is 35.5. The summed E-state index contributed by atoms with van der Waals surface area (Å²) in [5.41, 5.74) is 8.51. The SMILES string of the molecule is CC1(C)CN(C(=O)CC(N)c2ccccc2)CCN1Cc1ccccc1.Cl.Cl. The molecule has 1 unspecified atom stereocenters. The maximum absolute atomic E-state index is 12.8. The fraction of sp³-hybridized carbons (Fsp3) is 0.409. The van der Waals surface area contributed by atoms with Crippen LogP contribution in [0, 0.1) is 0 Å². The summed E-state index contributed by atoms with van der Waals surface area (Å²) < 4.78 is 0. The molecular weight excluding hydrogens is 393 g/mol. The fourth-order valence-corrected chi connectivity index (χ4v) is 3.64. The molecule has 1 aliphatic rings. The van der Waals surface area contributed by atoms with Crippen molar-refractivity contribution >= 4 is 30.7 Å². The van der Waals surface area contributed by atoms with E-state index in [1.807, 2.05) is 41.3 Å². The summed E-state index contributed by atoms with van der Waals surface area (Å²) in [5.74, 6) is 0.147. The second-order valence-corrected chi connectivity index (χ2v) is 7.76.